The molecule has 6 nitrogen and oxygen atoms in total. The first-order chi connectivity index (χ1) is 12.6. The quantitative estimate of drug-likeness (QED) is 0.796. The Bertz CT molecular complexity index is 819. The molecule has 0 aromatic heterocycles. The molecule has 0 unspecified atom stereocenters. The van der Waals surface area contributed by atoms with Crippen LogP contribution in [-0.4, -0.2) is 43.7 Å². The Hall–Kier alpha value is -3.02. The van der Waals surface area contributed by atoms with E-state index in [2.05, 4.69) is 16.3 Å². The van der Waals surface area contributed by atoms with Gasteiger partial charge in [0.1, 0.15) is 5.75 Å². The van der Waals surface area contributed by atoms with E-state index in [0.717, 1.165) is 24.2 Å². The van der Waals surface area contributed by atoms with E-state index in [-0.39, 0.29) is 11.5 Å². The lowest BCUT2D eigenvalue weighted by Crippen LogP contribution is -2.37. The molecule has 1 aliphatic heterocycles. The number of rotatable bonds is 7. The van der Waals surface area contributed by atoms with Crippen molar-refractivity contribution in [2.75, 3.05) is 31.6 Å². The lowest BCUT2D eigenvalue weighted by atomic mass is 10.1. The van der Waals surface area contributed by atoms with Gasteiger partial charge in [0.25, 0.3) is 0 Å². The summed E-state index contributed by atoms with van der Waals surface area (Å²) in [5, 5.41) is 12.0. The number of benzene rings is 2. The first kappa shape index (κ1) is 17.8. The number of aromatic carboxylic acids is 1. The number of fused-ring (bicyclic) bond motifs is 1. The Balaban J connectivity index is 1.52. The first-order valence-electron chi connectivity index (χ1n) is 8.58. The number of nitrogens with one attached hydrogen (secondary N) is 1. The highest BCUT2D eigenvalue weighted by atomic mass is 16.5. The number of nitrogens with zero attached hydrogens (tertiary/aromatic N) is 1. The molecule has 6 heteroatoms. The predicted molar refractivity (Wildman–Crippen MR) is 99.0 cm³/mol. The van der Waals surface area contributed by atoms with Crippen molar-refractivity contribution in [3.63, 3.8) is 0 Å². The van der Waals surface area contributed by atoms with Crippen LogP contribution in [0.2, 0.25) is 0 Å². The van der Waals surface area contributed by atoms with Crippen molar-refractivity contribution in [1.82, 2.24) is 5.32 Å². The standard InChI is InChI=1S/C20H22N2O4/c1-26-18-12-16(20(24)25)7-6-15(18)8-10-21-19(23)13-22-11-9-14-4-2-3-5-17(14)22/h2-7,12H,8-11,13H2,1H3,(H,21,23)(H,24,25). The van der Waals surface area contributed by atoms with Crippen LogP contribution in [0.15, 0.2) is 42.5 Å². The van der Waals surface area contributed by atoms with E-state index >= 15 is 0 Å². The van der Waals surface area contributed by atoms with Crippen molar-refractivity contribution in [2.24, 2.45) is 0 Å². The van der Waals surface area contributed by atoms with Crippen molar-refractivity contribution in [3.8, 4) is 5.75 Å². The van der Waals surface area contributed by atoms with Crippen LogP contribution >= 0.6 is 0 Å². The molecule has 0 saturated heterocycles. The van der Waals surface area contributed by atoms with E-state index in [0.29, 0.717) is 25.3 Å². The Kier molecular flexibility index (Phi) is 5.41. The van der Waals surface area contributed by atoms with Gasteiger partial charge in [-0.15, -0.1) is 0 Å². The SMILES string of the molecule is COc1cc(C(=O)O)ccc1CCNC(=O)CN1CCc2ccccc21. The molecule has 136 valence electrons. The zero-order chi connectivity index (χ0) is 18.5. The minimum atomic E-state index is -0.992. The van der Waals surface area contributed by atoms with Crippen LogP contribution in [0.4, 0.5) is 5.69 Å². The number of carboxylic acids is 1. The molecule has 2 aromatic carbocycles. The fourth-order valence-corrected chi connectivity index (χ4v) is 3.22. The van der Waals surface area contributed by atoms with Crippen LogP contribution in [0.3, 0.4) is 0 Å². The molecule has 0 fully saturated rings. The van der Waals surface area contributed by atoms with Gasteiger partial charge in [-0.25, -0.2) is 4.79 Å². The molecule has 26 heavy (non-hydrogen) atoms. The van der Waals surface area contributed by atoms with Crippen LogP contribution < -0.4 is 15.0 Å². The number of amides is 1. The number of anilines is 1. The third kappa shape index (κ3) is 3.96. The first-order valence-corrected chi connectivity index (χ1v) is 8.58. The summed E-state index contributed by atoms with van der Waals surface area (Å²) < 4.78 is 5.26. The van der Waals surface area contributed by atoms with E-state index in [1.165, 1.54) is 18.7 Å². The molecule has 0 aliphatic carbocycles. The van der Waals surface area contributed by atoms with Crippen LogP contribution in [0.5, 0.6) is 5.75 Å². The number of hydrogen-bond acceptors (Lipinski definition) is 4. The number of hydrogen-bond donors (Lipinski definition) is 2. The molecule has 1 aliphatic rings. The number of methoxy groups -OCH3 is 1. The van der Waals surface area contributed by atoms with E-state index in [1.807, 2.05) is 18.2 Å². The monoisotopic (exact) mass is 354 g/mol. The van der Waals surface area contributed by atoms with E-state index in [4.69, 9.17) is 9.84 Å². The van der Waals surface area contributed by atoms with Crippen molar-refractivity contribution < 1.29 is 19.4 Å². The van der Waals surface area contributed by atoms with E-state index < -0.39 is 5.97 Å². The number of carboxylic acid groups (broad SMARTS) is 1. The number of carbonyl (C=O) groups excluding carboxylic acids is 1. The number of para-hydroxylation sites is 1. The van der Waals surface area contributed by atoms with Crippen molar-refractivity contribution in [3.05, 3.63) is 59.2 Å². The van der Waals surface area contributed by atoms with Gasteiger partial charge in [-0.05, 0) is 42.2 Å². The van der Waals surface area contributed by atoms with Gasteiger partial charge in [-0.3, -0.25) is 4.79 Å². The molecule has 3 rings (SSSR count). The maximum Gasteiger partial charge on any atom is 0.335 e. The summed E-state index contributed by atoms with van der Waals surface area (Å²) in [6, 6.07) is 12.9. The smallest absolute Gasteiger partial charge is 0.335 e. The minimum absolute atomic E-state index is 0.0252. The third-order valence-corrected chi connectivity index (χ3v) is 4.57. The zero-order valence-electron chi connectivity index (χ0n) is 14.7. The lowest BCUT2D eigenvalue weighted by molar-refractivity contribution is -0.119. The van der Waals surface area contributed by atoms with Gasteiger partial charge in [0.05, 0.1) is 19.2 Å². The van der Waals surface area contributed by atoms with Crippen LogP contribution in [0.25, 0.3) is 0 Å². The molecular weight excluding hydrogens is 332 g/mol. The maximum absolute atomic E-state index is 12.2. The van der Waals surface area contributed by atoms with Gasteiger partial charge in [-0.1, -0.05) is 24.3 Å². The largest absolute Gasteiger partial charge is 0.496 e. The lowest BCUT2D eigenvalue weighted by Gasteiger charge is -2.18. The molecular formula is C20H22N2O4. The summed E-state index contributed by atoms with van der Waals surface area (Å²) in [4.78, 5) is 25.3. The second-order valence-corrected chi connectivity index (χ2v) is 6.23. The molecule has 2 aromatic rings. The second-order valence-electron chi connectivity index (χ2n) is 6.23. The van der Waals surface area contributed by atoms with Gasteiger partial charge in [0, 0.05) is 18.8 Å². The van der Waals surface area contributed by atoms with Gasteiger partial charge in [0.15, 0.2) is 0 Å². The average Bonchev–Trinajstić information content (AvgIpc) is 3.04. The minimum Gasteiger partial charge on any atom is -0.496 e. The van der Waals surface area contributed by atoms with Crippen molar-refractivity contribution >= 4 is 17.6 Å². The molecule has 0 radical (unpaired) electrons. The summed E-state index contributed by atoms with van der Waals surface area (Å²) in [6.45, 7) is 1.67. The fraction of sp³-hybridized carbons (Fsp3) is 0.300. The highest BCUT2D eigenvalue weighted by molar-refractivity contribution is 5.88. The van der Waals surface area contributed by atoms with E-state index in [9.17, 15) is 9.59 Å². The summed E-state index contributed by atoms with van der Waals surface area (Å²) in [5.74, 6) is -0.496. The average molecular weight is 354 g/mol. The Morgan fingerprint density at radius 2 is 2.04 bits per heavy atom. The zero-order valence-corrected chi connectivity index (χ0v) is 14.7. The van der Waals surface area contributed by atoms with Gasteiger partial charge < -0.3 is 20.1 Å². The maximum atomic E-state index is 12.2. The molecule has 0 spiro atoms. The molecule has 0 saturated carbocycles. The van der Waals surface area contributed by atoms with Crippen molar-refractivity contribution in [2.45, 2.75) is 12.8 Å². The summed E-state index contributed by atoms with van der Waals surface area (Å²) in [7, 11) is 1.51. The van der Waals surface area contributed by atoms with Crippen molar-refractivity contribution in [1.29, 1.82) is 0 Å². The number of ether oxygens (including phenoxy) is 1. The van der Waals surface area contributed by atoms with Crippen LogP contribution in [0.1, 0.15) is 21.5 Å². The van der Waals surface area contributed by atoms with E-state index in [1.54, 1.807) is 12.1 Å². The Morgan fingerprint density at radius 3 is 2.81 bits per heavy atom. The van der Waals surface area contributed by atoms with Crippen LogP contribution in [0, 0.1) is 0 Å². The predicted octanol–water partition coefficient (Wildman–Crippen LogP) is 2.11. The second kappa shape index (κ2) is 7.91. The molecule has 1 amide bonds. The number of carbonyl (C=O) groups is 2. The highest BCUT2D eigenvalue weighted by Gasteiger charge is 2.20. The normalized spacial score (nSPS) is 12.6. The Morgan fingerprint density at radius 1 is 1.23 bits per heavy atom. The summed E-state index contributed by atoms with van der Waals surface area (Å²) in [6.07, 6.45) is 1.54. The van der Waals surface area contributed by atoms with Gasteiger partial charge in [0.2, 0.25) is 5.91 Å². The third-order valence-electron chi connectivity index (χ3n) is 4.57. The Labute approximate surface area is 152 Å². The molecule has 1 heterocycles. The molecule has 0 bridgehead atoms. The van der Waals surface area contributed by atoms with Crippen LogP contribution in [-0.2, 0) is 17.6 Å². The van der Waals surface area contributed by atoms with Gasteiger partial charge >= 0.3 is 5.97 Å². The summed E-state index contributed by atoms with van der Waals surface area (Å²) >= 11 is 0. The topological polar surface area (TPSA) is 78.9 Å². The van der Waals surface area contributed by atoms with Gasteiger partial charge in [-0.2, -0.15) is 0 Å². The summed E-state index contributed by atoms with van der Waals surface area (Å²) in [5.41, 5.74) is 3.46. The fourth-order valence-electron chi connectivity index (χ4n) is 3.22. The molecule has 2 N–H and O–H groups in total. The highest BCUT2D eigenvalue weighted by Crippen LogP contribution is 2.26. The molecule has 0 atom stereocenters.